The molecular weight excluding hydrogens is 228 g/mol. The van der Waals surface area contributed by atoms with Crippen LogP contribution >= 0.6 is 0 Å². The highest BCUT2D eigenvalue weighted by molar-refractivity contribution is 5.10. The molecule has 0 radical (unpaired) electrons. The van der Waals surface area contributed by atoms with E-state index < -0.39 is 0 Å². The van der Waals surface area contributed by atoms with Crippen LogP contribution in [0.15, 0.2) is 12.4 Å². The van der Waals surface area contributed by atoms with E-state index in [4.69, 9.17) is 10.6 Å². The summed E-state index contributed by atoms with van der Waals surface area (Å²) < 4.78 is 7.74. The molecule has 0 saturated carbocycles. The van der Waals surface area contributed by atoms with Gasteiger partial charge in [-0.05, 0) is 32.1 Å². The van der Waals surface area contributed by atoms with Gasteiger partial charge in [0.15, 0.2) is 0 Å². The molecule has 1 aromatic heterocycles. The monoisotopic (exact) mass is 252 g/mol. The summed E-state index contributed by atoms with van der Waals surface area (Å²) in [7, 11) is 0. The molecule has 1 aliphatic heterocycles. The van der Waals surface area contributed by atoms with Gasteiger partial charge >= 0.3 is 0 Å². The molecule has 18 heavy (non-hydrogen) atoms. The molecule has 0 amide bonds. The van der Waals surface area contributed by atoms with Crippen molar-refractivity contribution in [1.82, 2.24) is 15.2 Å². The van der Waals surface area contributed by atoms with Gasteiger partial charge in [-0.25, -0.2) is 0 Å². The first-order chi connectivity index (χ1) is 8.83. The van der Waals surface area contributed by atoms with Gasteiger partial charge in [0.2, 0.25) is 0 Å². The SMILES string of the molecule is CCCn1cc(C(CC2CCCCO2)NN)cn1. The second-order valence-electron chi connectivity index (χ2n) is 4.98. The molecule has 5 heteroatoms. The third-order valence-corrected chi connectivity index (χ3v) is 3.48. The van der Waals surface area contributed by atoms with Crippen LogP contribution in [-0.4, -0.2) is 22.5 Å². The summed E-state index contributed by atoms with van der Waals surface area (Å²) in [4.78, 5) is 0. The largest absolute Gasteiger partial charge is 0.378 e. The molecule has 102 valence electrons. The van der Waals surface area contributed by atoms with Crippen LogP contribution in [0.4, 0.5) is 0 Å². The number of nitrogens with one attached hydrogen (secondary N) is 1. The maximum atomic E-state index is 5.76. The average molecular weight is 252 g/mol. The van der Waals surface area contributed by atoms with Gasteiger partial charge in [0.1, 0.15) is 0 Å². The van der Waals surface area contributed by atoms with E-state index >= 15 is 0 Å². The lowest BCUT2D eigenvalue weighted by atomic mass is 9.99. The summed E-state index contributed by atoms with van der Waals surface area (Å²) >= 11 is 0. The van der Waals surface area contributed by atoms with Crippen LogP contribution in [0.3, 0.4) is 0 Å². The standard InChI is InChI=1S/C13H24N4O/c1-2-6-17-10-11(9-15-17)13(16-14)8-12-5-3-4-7-18-12/h9-10,12-13,16H,2-8,14H2,1H3. The fraction of sp³-hybridized carbons (Fsp3) is 0.769. The van der Waals surface area contributed by atoms with Crippen LogP contribution in [0.5, 0.6) is 0 Å². The number of nitrogens with zero attached hydrogens (tertiary/aromatic N) is 2. The Bertz CT molecular complexity index is 347. The predicted molar refractivity (Wildman–Crippen MR) is 70.8 cm³/mol. The van der Waals surface area contributed by atoms with Crippen molar-refractivity contribution in [2.45, 2.75) is 57.7 Å². The number of ether oxygens (including phenoxy) is 1. The molecule has 2 atom stereocenters. The van der Waals surface area contributed by atoms with Crippen LogP contribution < -0.4 is 11.3 Å². The van der Waals surface area contributed by atoms with Crippen LogP contribution in [-0.2, 0) is 11.3 Å². The zero-order chi connectivity index (χ0) is 12.8. The highest BCUT2D eigenvalue weighted by atomic mass is 16.5. The molecule has 1 fully saturated rings. The number of aromatic nitrogens is 2. The Kier molecular flexibility index (Phi) is 5.16. The lowest BCUT2D eigenvalue weighted by Gasteiger charge is -2.26. The van der Waals surface area contributed by atoms with Gasteiger partial charge in [0, 0.05) is 24.9 Å². The van der Waals surface area contributed by atoms with E-state index in [0.717, 1.165) is 38.0 Å². The van der Waals surface area contributed by atoms with E-state index in [2.05, 4.69) is 23.6 Å². The first kappa shape index (κ1) is 13.5. The molecule has 0 bridgehead atoms. The van der Waals surface area contributed by atoms with Gasteiger partial charge in [0.25, 0.3) is 0 Å². The molecule has 2 rings (SSSR count). The number of hydrogen-bond acceptors (Lipinski definition) is 4. The smallest absolute Gasteiger partial charge is 0.0593 e. The summed E-state index contributed by atoms with van der Waals surface area (Å²) in [5.74, 6) is 5.66. The number of hydrogen-bond donors (Lipinski definition) is 2. The highest BCUT2D eigenvalue weighted by Gasteiger charge is 2.20. The van der Waals surface area contributed by atoms with E-state index in [-0.39, 0.29) is 6.04 Å². The first-order valence-electron chi connectivity index (χ1n) is 6.93. The summed E-state index contributed by atoms with van der Waals surface area (Å²) in [6.07, 6.45) is 9.92. The molecule has 0 aliphatic carbocycles. The third kappa shape index (κ3) is 3.54. The Morgan fingerprint density at radius 3 is 3.17 bits per heavy atom. The van der Waals surface area contributed by atoms with Crippen molar-refractivity contribution in [2.24, 2.45) is 5.84 Å². The van der Waals surface area contributed by atoms with E-state index in [1.54, 1.807) is 0 Å². The van der Waals surface area contributed by atoms with Gasteiger partial charge in [0.05, 0.1) is 18.3 Å². The molecule has 1 saturated heterocycles. The van der Waals surface area contributed by atoms with Gasteiger partial charge in [-0.3, -0.25) is 16.0 Å². The molecule has 1 aliphatic rings. The van der Waals surface area contributed by atoms with Crippen molar-refractivity contribution in [3.8, 4) is 0 Å². The molecule has 2 unspecified atom stereocenters. The second kappa shape index (κ2) is 6.87. The molecule has 2 heterocycles. The summed E-state index contributed by atoms with van der Waals surface area (Å²) in [6.45, 7) is 3.99. The topological polar surface area (TPSA) is 65.1 Å². The Balaban J connectivity index is 1.93. The maximum Gasteiger partial charge on any atom is 0.0593 e. The van der Waals surface area contributed by atoms with Crippen molar-refractivity contribution in [1.29, 1.82) is 0 Å². The number of rotatable bonds is 6. The minimum Gasteiger partial charge on any atom is -0.378 e. The molecule has 1 aromatic rings. The Morgan fingerprint density at radius 1 is 1.61 bits per heavy atom. The fourth-order valence-electron chi connectivity index (χ4n) is 2.47. The van der Waals surface area contributed by atoms with Crippen LogP contribution in [0.2, 0.25) is 0 Å². The summed E-state index contributed by atoms with van der Waals surface area (Å²) in [6, 6.07) is 0.138. The minimum absolute atomic E-state index is 0.138. The fourth-order valence-corrected chi connectivity index (χ4v) is 2.47. The molecule has 3 N–H and O–H groups in total. The zero-order valence-corrected chi connectivity index (χ0v) is 11.1. The normalized spacial score (nSPS) is 22.0. The quantitative estimate of drug-likeness (QED) is 0.598. The molecule has 5 nitrogen and oxygen atoms in total. The number of nitrogens with two attached hydrogens (primary N) is 1. The lowest BCUT2D eigenvalue weighted by molar-refractivity contribution is 0.00502. The van der Waals surface area contributed by atoms with E-state index in [1.807, 2.05) is 10.9 Å². The third-order valence-electron chi connectivity index (χ3n) is 3.48. The maximum absolute atomic E-state index is 5.76. The van der Waals surface area contributed by atoms with E-state index in [1.165, 1.54) is 12.8 Å². The second-order valence-corrected chi connectivity index (χ2v) is 4.98. The minimum atomic E-state index is 0.138. The number of aryl methyl sites for hydroxylation is 1. The predicted octanol–water partition coefficient (Wildman–Crippen LogP) is 1.76. The molecular formula is C13H24N4O. The van der Waals surface area contributed by atoms with Crippen molar-refractivity contribution in [2.75, 3.05) is 6.61 Å². The average Bonchev–Trinajstić information content (AvgIpc) is 2.86. The van der Waals surface area contributed by atoms with Crippen molar-refractivity contribution >= 4 is 0 Å². The highest BCUT2D eigenvalue weighted by Crippen LogP contribution is 2.24. The van der Waals surface area contributed by atoms with E-state index in [0.29, 0.717) is 6.10 Å². The summed E-state index contributed by atoms with van der Waals surface area (Å²) in [5, 5.41) is 4.35. The lowest BCUT2D eigenvalue weighted by Crippen LogP contribution is -2.32. The van der Waals surface area contributed by atoms with Crippen molar-refractivity contribution < 1.29 is 4.74 Å². The first-order valence-corrected chi connectivity index (χ1v) is 6.93. The Hall–Kier alpha value is -0.910. The van der Waals surface area contributed by atoms with E-state index in [9.17, 15) is 0 Å². The van der Waals surface area contributed by atoms with Gasteiger partial charge in [-0.15, -0.1) is 0 Å². The Morgan fingerprint density at radius 2 is 2.50 bits per heavy atom. The van der Waals surface area contributed by atoms with Crippen molar-refractivity contribution in [3.05, 3.63) is 18.0 Å². The molecule has 0 spiro atoms. The molecule has 0 aromatic carbocycles. The Labute approximate surface area is 109 Å². The van der Waals surface area contributed by atoms with Gasteiger partial charge in [-0.1, -0.05) is 6.92 Å². The summed E-state index contributed by atoms with van der Waals surface area (Å²) in [5.41, 5.74) is 4.04. The zero-order valence-electron chi connectivity index (χ0n) is 11.1. The van der Waals surface area contributed by atoms with Crippen LogP contribution in [0.25, 0.3) is 0 Å². The number of hydrazine groups is 1. The van der Waals surface area contributed by atoms with Gasteiger partial charge < -0.3 is 4.74 Å². The van der Waals surface area contributed by atoms with Crippen molar-refractivity contribution in [3.63, 3.8) is 0 Å². The van der Waals surface area contributed by atoms with Crippen LogP contribution in [0, 0.1) is 0 Å². The van der Waals surface area contributed by atoms with Crippen LogP contribution in [0.1, 0.15) is 50.6 Å². The van der Waals surface area contributed by atoms with Gasteiger partial charge in [-0.2, -0.15) is 5.10 Å².